The third-order valence-electron chi connectivity index (χ3n) is 4.54. The number of piperazine rings is 1. The molecular weight excluding hydrogens is 375 g/mol. The zero-order valence-corrected chi connectivity index (χ0v) is 15.1. The number of aromatic nitrogens is 1. The molecule has 0 amide bonds. The molecule has 1 aromatic carbocycles. The first-order chi connectivity index (χ1) is 13.5. The monoisotopic (exact) mass is 395 g/mol. The Morgan fingerprint density at radius 1 is 1.32 bits per heavy atom. The van der Waals surface area contributed by atoms with Crippen LogP contribution in [0.5, 0.6) is 0 Å². The zero-order valence-electron chi connectivity index (χ0n) is 15.1. The maximum Gasteiger partial charge on any atom is 0.343 e. The number of halogens is 3. The fourth-order valence-corrected chi connectivity index (χ4v) is 3.28. The van der Waals surface area contributed by atoms with Gasteiger partial charge in [-0.3, -0.25) is 4.79 Å². The van der Waals surface area contributed by atoms with Gasteiger partial charge in [-0.2, -0.15) is 0 Å². The summed E-state index contributed by atoms with van der Waals surface area (Å²) in [4.78, 5) is 26.4. The number of hydrogen-bond donors (Lipinski definition) is 1. The summed E-state index contributed by atoms with van der Waals surface area (Å²) in [6.45, 7) is 3.99. The van der Waals surface area contributed by atoms with Gasteiger partial charge >= 0.3 is 5.97 Å². The van der Waals surface area contributed by atoms with Crippen molar-refractivity contribution in [1.82, 2.24) is 9.88 Å². The number of carbonyl (C=O) groups excluding carboxylic acids is 1. The molecule has 6 nitrogen and oxygen atoms in total. The Bertz CT molecular complexity index is 969. The molecule has 28 heavy (non-hydrogen) atoms. The van der Waals surface area contributed by atoms with Gasteiger partial charge in [-0.05, 0) is 6.07 Å². The molecule has 0 radical (unpaired) electrons. The quantitative estimate of drug-likeness (QED) is 0.599. The molecule has 1 fully saturated rings. The van der Waals surface area contributed by atoms with Gasteiger partial charge in [0.15, 0.2) is 5.82 Å². The maximum atomic E-state index is 15.3. The van der Waals surface area contributed by atoms with Crippen LogP contribution in [0, 0.1) is 11.6 Å². The second-order valence-corrected chi connectivity index (χ2v) is 6.30. The van der Waals surface area contributed by atoms with Gasteiger partial charge in [-0.15, -0.1) is 0 Å². The van der Waals surface area contributed by atoms with Crippen molar-refractivity contribution in [3.05, 3.63) is 52.3 Å². The number of ether oxygens (including phenoxy) is 1. The summed E-state index contributed by atoms with van der Waals surface area (Å²) in [6, 6.07) is 0.900. The van der Waals surface area contributed by atoms with Crippen LogP contribution in [-0.2, 0) is 11.3 Å². The summed E-state index contributed by atoms with van der Waals surface area (Å²) in [5, 5.41) is 2.75. The number of fused-ring (bicyclic) bond motifs is 1. The lowest BCUT2D eigenvalue weighted by atomic mass is 10.1. The highest BCUT2D eigenvalue weighted by Gasteiger charge is 2.26. The molecule has 1 aliphatic heterocycles. The largest absolute Gasteiger partial charge is 0.458 e. The fraction of sp³-hybridized carbons (Fsp3) is 0.368. The molecule has 0 aliphatic carbocycles. The molecule has 150 valence electrons. The molecule has 9 heteroatoms. The van der Waals surface area contributed by atoms with Crippen molar-refractivity contribution >= 4 is 22.6 Å². The van der Waals surface area contributed by atoms with Crippen molar-refractivity contribution in [2.24, 2.45) is 0 Å². The Hall–Kier alpha value is -2.81. The lowest BCUT2D eigenvalue weighted by Crippen LogP contribution is -2.44. The number of nitrogens with zero attached hydrogens (tertiary/aromatic N) is 2. The van der Waals surface area contributed by atoms with Crippen molar-refractivity contribution < 1.29 is 22.7 Å². The average Bonchev–Trinajstić information content (AvgIpc) is 2.69. The second kappa shape index (κ2) is 8.47. The van der Waals surface area contributed by atoms with E-state index in [1.165, 1.54) is 11.0 Å². The Morgan fingerprint density at radius 2 is 2.04 bits per heavy atom. The van der Waals surface area contributed by atoms with E-state index in [1.807, 2.05) is 0 Å². The first kappa shape index (κ1) is 19.9. The number of carbonyl (C=O) groups is 1. The van der Waals surface area contributed by atoms with Crippen LogP contribution in [0.3, 0.4) is 0 Å². The maximum absolute atomic E-state index is 15.3. The van der Waals surface area contributed by atoms with Crippen LogP contribution in [0.4, 0.5) is 18.9 Å². The molecule has 0 bridgehead atoms. The minimum atomic E-state index is -0.966. The van der Waals surface area contributed by atoms with Crippen molar-refractivity contribution in [3.63, 3.8) is 0 Å². The van der Waals surface area contributed by atoms with E-state index in [4.69, 9.17) is 4.74 Å². The number of benzene rings is 1. The predicted octanol–water partition coefficient (Wildman–Crippen LogP) is 2.00. The molecule has 1 saturated heterocycles. The van der Waals surface area contributed by atoms with Crippen LogP contribution in [0.15, 0.2) is 29.7 Å². The van der Waals surface area contributed by atoms with Gasteiger partial charge in [0.05, 0.1) is 17.4 Å². The Balaban J connectivity index is 2.23. The molecule has 1 aromatic heterocycles. The van der Waals surface area contributed by atoms with E-state index < -0.39 is 35.3 Å². The Kier molecular flexibility index (Phi) is 6.03. The van der Waals surface area contributed by atoms with E-state index in [9.17, 15) is 18.4 Å². The summed E-state index contributed by atoms with van der Waals surface area (Å²) in [7, 11) is 0. The van der Waals surface area contributed by atoms with Crippen molar-refractivity contribution in [2.75, 3.05) is 44.4 Å². The number of alkyl halides is 1. The molecule has 0 saturated carbocycles. The summed E-state index contributed by atoms with van der Waals surface area (Å²) in [5.41, 5.74) is -1.79. The third kappa shape index (κ3) is 3.62. The molecule has 1 N–H and O–H groups in total. The summed E-state index contributed by atoms with van der Waals surface area (Å²) in [5.74, 6) is -2.83. The van der Waals surface area contributed by atoms with Crippen molar-refractivity contribution in [3.8, 4) is 0 Å². The van der Waals surface area contributed by atoms with Crippen LogP contribution >= 0.6 is 0 Å². The van der Waals surface area contributed by atoms with Gasteiger partial charge in [-0.1, -0.05) is 12.7 Å². The number of pyridine rings is 1. The van der Waals surface area contributed by atoms with E-state index in [2.05, 4.69) is 11.9 Å². The summed E-state index contributed by atoms with van der Waals surface area (Å²) >= 11 is 0. The number of aryl methyl sites for hydroxylation is 1. The molecule has 2 heterocycles. The second-order valence-electron chi connectivity index (χ2n) is 6.30. The lowest BCUT2D eigenvalue weighted by Gasteiger charge is -2.30. The van der Waals surface area contributed by atoms with Crippen LogP contribution in [-0.4, -0.2) is 50.0 Å². The summed E-state index contributed by atoms with van der Waals surface area (Å²) < 4.78 is 49.1. The van der Waals surface area contributed by atoms with Gasteiger partial charge in [0, 0.05) is 32.4 Å². The van der Waals surface area contributed by atoms with Crippen molar-refractivity contribution in [2.45, 2.75) is 6.54 Å². The lowest BCUT2D eigenvalue weighted by molar-refractivity contribution is 0.0547. The normalized spacial score (nSPS) is 14.3. The fourth-order valence-electron chi connectivity index (χ4n) is 3.28. The minimum Gasteiger partial charge on any atom is -0.458 e. The smallest absolute Gasteiger partial charge is 0.343 e. The standard InChI is InChI=1S/C19H20F3N3O3/c1-2-9-28-19(27)13-11-25(6-3-20)16-12(18(13)26)10-14(21)17(15(16)22)24-7-4-23-5-8-24/h2,10-11,23H,1,3-9H2. The number of hydrogen-bond acceptors (Lipinski definition) is 5. The highest BCUT2D eigenvalue weighted by Crippen LogP contribution is 2.30. The van der Waals surface area contributed by atoms with Crippen LogP contribution in [0.25, 0.3) is 10.9 Å². The molecule has 0 atom stereocenters. The van der Waals surface area contributed by atoms with E-state index in [1.54, 1.807) is 0 Å². The first-order valence-corrected chi connectivity index (χ1v) is 8.84. The van der Waals surface area contributed by atoms with E-state index in [0.29, 0.717) is 26.2 Å². The van der Waals surface area contributed by atoms with Crippen LogP contribution in [0.1, 0.15) is 10.4 Å². The number of nitrogens with one attached hydrogen (secondary N) is 1. The molecule has 3 rings (SSSR count). The van der Waals surface area contributed by atoms with E-state index in [-0.39, 0.29) is 29.7 Å². The van der Waals surface area contributed by atoms with Gasteiger partial charge < -0.3 is 19.5 Å². The van der Waals surface area contributed by atoms with Gasteiger partial charge in [-0.25, -0.2) is 18.0 Å². The molecular formula is C19H20F3N3O3. The molecule has 2 aromatic rings. The zero-order chi connectivity index (χ0) is 20.3. The molecule has 0 unspecified atom stereocenters. The van der Waals surface area contributed by atoms with Gasteiger partial charge in [0.2, 0.25) is 5.43 Å². The number of esters is 1. The van der Waals surface area contributed by atoms with E-state index in [0.717, 1.165) is 16.8 Å². The highest BCUT2D eigenvalue weighted by molar-refractivity contribution is 5.95. The molecule has 1 aliphatic rings. The SMILES string of the molecule is C=CCOC(=O)c1cn(CCF)c2c(F)c(N3CCNCC3)c(F)cc2c1=O. The number of anilines is 1. The van der Waals surface area contributed by atoms with E-state index >= 15 is 4.39 Å². The third-order valence-corrected chi connectivity index (χ3v) is 4.54. The van der Waals surface area contributed by atoms with Crippen LogP contribution in [0.2, 0.25) is 0 Å². The first-order valence-electron chi connectivity index (χ1n) is 8.84. The van der Waals surface area contributed by atoms with Gasteiger partial charge in [0.25, 0.3) is 0 Å². The van der Waals surface area contributed by atoms with Gasteiger partial charge in [0.1, 0.15) is 30.3 Å². The Labute approximate surface area is 159 Å². The van der Waals surface area contributed by atoms with Crippen LogP contribution < -0.4 is 15.6 Å². The average molecular weight is 395 g/mol. The number of rotatable bonds is 6. The molecule has 0 spiro atoms. The highest BCUT2D eigenvalue weighted by atomic mass is 19.1. The predicted molar refractivity (Wildman–Crippen MR) is 99.7 cm³/mol. The topological polar surface area (TPSA) is 63.6 Å². The Morgan fingerprint density at radius 3 is 2.68 bits per heavy atom. The summed E-state index contributed by atoms with van der Waals surface area (Å²) in [6.07, 6.45) is 2.37. The minimum absolute atomic E-state index is 0.135. The van der Waals surface area contributed by atoms with Crippen molar-refractivity contribution in [1.29, 1.82) is 0 Å².